The summed E-state index contributed by atoms with van der Waals surface area (Å²) in [7, 11) is 0. The van der Waals surface area contributed by atoms with E-state index in [-0.39, 0.29) is 27.9 Å². The van der Waals surface area contributed by atoms with Gasteiger partial charge in [-0.3, -0.25) is 14.4 Å². The normalized spacial score (nSPS) is 12.3. The fourth-order valence-electron chi connectivity index (χ4n) is 2.67. The SMILES string of the molecule is CC.CCCC(=O)N[C@H](C(=O)N[C@@H](C)C(=O)Nc1ccc(CCC)cc1)C(C)C.[HH].[HH].[HH]. The molecule has 0 aliphatic rings. The lowest BCUT2D eigenvalue weighted by Crippen LogP contribution is -2.53. The number of aryl methyl sites for hydroxylation is 1. The average Bonchev–Trinajstić information content (AvgIpc) is 2.69. The molecule has 0 saturated carbocycles. The molecular weight excluding hydrogens is 366 g/mol. The lowest BCUT2D eigenvalue weighted by Gasteiger charge is -2.23. The molecule has 170 valence electrons. The Bertz CT molecular complexity index is 641. The fraction of sp³-hybridized carbons (Fsp3) is 0.609. The van der Waals surface area contributed by atoms with E-state index in [0.717, 1.165) is 12.8 Å². The Kier molecular flexibility index (Phi) is 13.4. The number of carbonyl (C=O) groups is 3. The molecule has 0 unspecified atom stereocenters. The molecule has 3 amide bonds. The van der Waals surface area contributed by atoms with E-state index in [0.29, 0.717) is 18.5 Å². The number of benzene rings is 1. The molecule has 29 heavy (non-hydrogen) atoms. The van der Waals surface area contributed by atoms with E-state index in [1.54, 1.807) is 6.92 Å². The van der Waals surface area contributed by atoms with Crippen LogP contribution < -0.4 is 16.0 Å². The summed E-state index contributed by atoms with van der Waals surface area (Å²) < 4.78 is 0. The van der Waals surface area contributed by atoms with Gasteiger partial charge in [-0.1, -0.05) is 60.1 Å². The van der Waals surface area contributed by atoms with Crippen molar-refractivity contribution in [2.75, 3.05) is 5.32 Å². The van der Waals surface area contributed by atoms with Crippen LogP contribution in [-0.4, -0.2) is 29.8 Å². The van der Waals surface area contributed by atoms with Gasteiger partial charge in [0.1, 0.15) is 12.1 Å². The number of carbonyl (C=O) groups excluding carboxylic acids is 3. The second-order valence-corrected chi connectivity index (χ2v) is 7.21. The van der Waals surface area contributed by atoms with Crippen molar-refractivity contribution < 1.29 is 18.7 Å². The summed E-state index contributed by atoms with van der Waals surface area (Å²) in [5, 5.41) is 8.25. The zero-order chi connectivity index (χ0) is 22.4. The minimum atomic E-state index is -0.711. The van der Waals surface area contributed by atoms with Crippen molar-refractivity contribution in [3.63, 3.8) is 0 Å². The van der Waals surface area contributed by atoms with E-state index in [4.69, 9.17) is 0 Å². The second-order valence-electron chi connectivity index (χ2n) is 7.21. The third-order valence-corrected chi connectivity index (χ3v) is 4.25. The number of nitrogens with one attached hydrogen (secondary N) is 3. The first kappa shape index (κ1) is 26.6. The molecule has 0 aliphatic heterocycles. The van der Waals surface area contributed by atoms with Crippen molar-refractivity contribution in [3.8, 4) is 0 Å². The van der Waals surface area contributed by atoms with Gasteiger partial charge in [-0.2, -0.15) is 0 Å². The van der Waals surface area contributed by atoms with Crippen LogP contribution in [0.25, 0.3) is 0 Å². The predicted octanol–water partition coefficient (Wildman–Crippen LogP) is 4.79. The van der Waals surface area contributed by atoms with E-state index < -0.39 is 12.1 Å². The van der Waals surface area contributed by atoms with Gasteiger partial charge in [-0.05, 0) is 43.4 Å². The van der Waals surface area contributed by atoms with Crippen molar-refractivity contribution in [2.24, 2.45) is 5.92 Å². The van der Waals surface area contributed by atoms with Crippen molar-refractivity contribution >= 4 is 23.4 Å². The van der Waals surface area contributed by atoms with E-state index in [9.17, 15) is 14.4 Å². The zero-order valence-electron chi connectivity index (χ0n) is 19.1. The van der Waals surface area contributed by atoms with Crippen LogP contribution in [0.15, 0.2) is 24.3 Å². The van der Waals surface area contributed by atoms with E-state index in [2.05, 4.69) is 22.9 Å². The van der Waals surface area contributed by atoms with Gasteiger partial charge in [-0.15, -0.1) is 0 Å². The monoisotopic (exact) mass is 411 g/mol. The number of hydrogen-bond acceptors (Lipinski definition) is 3. The molecule has 1 aromatic rings. The van der Waals surface area contributed by atoms with Crippen LogP contribution in [0.3, 0.4) is 0 Å². The largest absolute Gasteiger partial charge is 0.344 e. The molecule has 0 spiro atoms. The van der Waals surface area contributed by atoms with E-state index in [1.807, 2.05) is 58.9 Å². The lowest BCUT2D eigenvalue weighted by molar-refractivity contribution is -0.131. The molecule has 3 N–H and O–H groups in total. The average molecular weight is 412 g/mol. The van der Waals surface area contributed by atoms with Gasteiger partial charge in [0.15, 0.2) is 0 Å². The Balaban J connectivity index is -0.000000761. The smallest absolute Gasteiger partial charge is 0.246 e. The Labute approximate surface area is 180 Å². The van der Waals surface area contributed by atoms with Crippen molar-refractivity contribution in [1.29, 1.82) is 0 Å². The number of hydrogen-bond donors (Lipinski definition) is 3. The molecule has 0 radical (unpaired) electrons. The highest BCUT2D eigenvalue weighted by atomic mass is 16.2. The highest BCUT2D eigenvalue weighted by Crippen LogP contribution is 2.11. The number of amides is 3. The van der Waals surface area contributed by atoms with Crippen LogP contribution in [0.4, 0.5) is 5.69 Å². The van der Waals surface area contributed by atoms with Crippen LogP contribution >= 0.6 is 0 Å². The van der Waals surface area contributed by atoms with Gasteiger partial charge >= 0.3 is 0 Å². The Morgan fingerprint density at radius 3 is 1.97 bits per heavy atom. The maximum Gasteiger partial charge on any atom is 0.246 e. The predicted molar refractivity (Wildman–Crippen MR) is 126 cm³/mol. The van der Waals surface area contributed by atoms with Gasteiger partial charge in [0, 0.05) is 16.4 Å². The summed E-state index contributed by atoms with van der Waals surface area (Å²) >= 11 is 0. The van der Waals surface area contributed by atoms with Crippen molar-refractivity contribution in [3.05, 3.63) is 29.8 Å². The fourth-order valence-corrected chi connectivity index (χ4v) is 2.67. The van der Waals surface area contributed by atoms with Crippen LogP contribution in [0, 0.1) is 5.92 Å². The molecule has 0 aromatic heterocycles. The molecule has 0 heterocycles. The van der Waals surface area contributed by atoms with Gasteiger partial charge in [-0.25, -0.2) is 0 Å². The minimum absolute atomic E-state index is 0. The van der Waals surface area contributed by atoms with Crippen LogP contribution in [0.5, 0.6) is 0 Å². The summed E-state index contributed by atoms with van der Waals surface area (Å²) in [6, 6.07) is 6.32. The molecule has 0 bridgehead atoms. The molecule has 1 aromatic carbocycles. The first-order valence-electron chi connectivity index (χ1n) is 10.8. The zero-order valence-corrected chi connectivity index (χ0v) is 19.1. The standard InChI is InChI=1S/C21H33N3O3.C2H6.3H2/c1-6-8-16-10-12-17(13-11-16)23-20(26)15(5)22-21(27)19(14(3)4)24-18(25)9-7-2;1-2;;;/h10-15,19H,6-9H2,1-5H3,(H,22,27)(H,23,26)(H,24,25);1-2H3;3*1H/t15-,19-;;;;/m0..../s1. The summed E-state index contributed by atoms with van der Waals surface area (Å²) in [4.78, 5) is 36.7. The van der Waals surface area contributed by atoms with Crippen molar-refractivity contribution in [1.82, 2.24) is 10.6 Å². The van der Waals surface area contributed by atoms with Crippen molar-refractivity contribution in [2.45, 2.75) is 86.2 Å². The van der Waals surface area contributed by atoms with Gasteiger partial charge in [0.25, 0.3) is 0 Å². The molecule has 0 aliphatic carbocycles. The summed E-state index contributed by atoms with van der Waals surface area (Å²) in [6.07, 6.45) is 3.16. The Hall–Kier alpha value is -2.37. The molecule has 0 saturated heterocycles. The van der Waals surface area contributed by atoms with E-state index in [1.165, 1.54) is 5.56 Å². The first-order chi connectivity index (χ1) is 13.8. The molecule has 6 heteroatoms. The second kappa shape index (κ2) is 14.6. The summed E-state index contributed by atoms with van der Waals surface area (Å²) in [5.74, 6) is -0.882. The Morgan fingerprint density at radius 1 is 0.897 bits per heavy atom. The van der Waals surface area contributed by atoms with Crippen LogP contribution in [0.1, 0.15) is 77.6 Å². The quantitative estimate of drug-likeness (QED) is 0.517. The highest BCUT2D eigenvalue weighted by Gasteiger charge is 2.26. The third-order valence-electron chi connectivity index (χ3n) is 4.25. The number of anilines is 1. The van der Waals surface area contributed by atoms with E-state index >= 15 is 0 Å². The summed E-state index contributed by atoms with van der Waals surface area (Å²) in [5.41, 5.74) is 1.91. The maximum atomic E-state index is 12.5. The molecule has 6 nitrogen and oxygen atoms in total. The maximum absolute atomic E-state index is 12.5. The van der Waals surface area contributed by atoms with Crippen LogP contribution in [-0.2, 0) is 20.8 Å². The first-order valence-corrected chi connectivity index (χ1v) is 10.8. The summed E-state index contributed by atoms with van der Waals surface area (Å²) in [6.45, 7) is 13.4. The molecule has 0 fully saturated rings. The van der Waals surface area contributed by atoms with Gasteiger partial charge in [0.05, 0.1) is 0 Å². The van der Waals surface area contributed by atoms with Gasteiger partial charge in [0.2, 0.25) is 17.7 Å². The third kappa shape index (κ3) is 10.1. The minimum Gasteiger partial charge on any atom is -0.344 e. The lowest BCUT2D eigenvalue weighted by atomic mass is 10.0. The molecule has 1 rings (SSSR count). The highest BCUT2D eigenvalue weighted by molar-refractivity contribution is 5.98. The van der Waals surface area contributed by atoms with Crippen LogP contribution in [0.2, 0.25) is 0 Å². The molecular formula is C23H45N3O3. The Morgan fingerprint density at radius 2 is 1.48 bits per heavy atom. The van der Waals surface area contributed by atoms with Gasteiger partial charge < -0.3 is 16.0 Å². The number of rotatable bonds is 10. The molecule has 2 atom stereocenters. The topological polar surface area (TPSA) is 87.3 Å².